The van der Waals surface area contributed by atoms with E-state index in [4.69, 9.17) is 17.3 Å². The van der Waals surface area contributed by atoms with Crippen molar-refractivity contribution in [3.8, 4) is 0 Å². The van der Waals surface area contributed by atoms with Crippen LogP contribution < -0.4 is 5.73 Å². The highest BCUT2D eigenvalue weighted by molar-refractivity contribution is 6.31. The molecule has 0 radical (unpaired) electrons. The molecule has 0 fully saturated rings. The SMILES string of the molecule is CC(C)(C)C(c1ccccc1Cl)C(C(N)=O)c1cccc(C(F)(F)F)c1. The first-order chi connectivity index (χ1) is 11.9. The minimum Gasteiger partial charge on any atom is -0.369 e. The molecule has 0 heterocycles. The highest BCUT2D eigenvalue weighted by Crippen LogP contribution is 2.47. The minimum absolute atomic E-state index is 0.229. The van der Waals surface area contributed by atoms with Crippen molar-refractivity contribution < 1.29 is 18.0 Å². The van der Waals surface area contributed by atoms with Crippen LogP contribution in [0.25, 0.3) is 0 Å². The van der Waals surface area contributed by atoms with Gasteiger partial charge in [-0.15, -0.1) is 0 Å². The Kier molecular flexibility index (Phi) is 5.71. The molecule has 0 spiro atoms. The molecule has 0 aliphatic carbocycles. The number of rotatable bonds is 4. The monoisotopic (exact) mass is 383 g/mol. The molecule has 0 aliphatic heterocycles. The Morgan fingerprint density at radius 3 is 2.15 bits per heavy atom. The molecular weight excluding hydrogens is 363 g/mol. The number of carbonyl (C=O) groups is 1. The Morgan fingerprint density at radius 2 is 1.65 bits per heavy atom. The molecule has 2 aromatic rings. The van der Waals surface area contributed by atoms with Crippen LogP contribution in [0.5, 0.6) is 0 Å². The van der Waals surface area contributed by atoms with E-state index in [0.717, 1.165) is 12.1 Å². The summed E-state index contributed by atoms with van der Waals surface area (Å²) in [7, 11) is 0. The van der Waals surface area contributed by atoms with E-state index in [1.807, 2.05) is 20.8 Å². The molecule has 26 heavy (non-hydrogen) atoms. The van der Waals surface area contributed by atoms with Crippen LogP contribution in [-0.2, 0) is 11.0 Å². The van der Waals surface area contributed by atoms with Crippen LogP contribution in [0.15, 0.2) is 48.5 Å². The number of alkyl halides is 3. The van der Waals surface area contributed by atoms with E-state index < -0.39 is 34.9 Å². The smallest absolute Gasteiger partial charge is 0.369 e. The molecular formula is C20H21ClF3NO. The number of amides is 1. The van der Waals surface area contributed by atoms with Gasteiger partial charge in [-0.2, -0.15) is 13.2 Å². The average Bonchev–Trinajstić information content (AvgIpc) is 2.51. The number of benzene rings is 2. The molecule has 0 bridgehead atoms. The Labute approximate surface area is 156 Å². The first-order valence-corrected chi connectivity index (χ1v) is 8.51. The third kappa shape index (κ3) is 4.39. The van der Waals surface area contributed by atoms with Crippen LogP contribution in [0.3, 0.4) is 0 Å². The first kappa shape index (κ1) is 20.3. The fraction of sp³-hybridized carbons (Fsp3) is 0.350. The predicted molar refractivity (Wildman–Crippen MR) is 97.0 cm³/mol. The Hall–Kier alpha value is -2.01. The highest BCUT2D eigenvalue weighted by atomic mass is 35.5. The summed E-state index contributed by atoms with van der Waals surface area (Å²) in [4.78, 5) is 12.3. The molecule has 2 unspecified atom stereocenters. The molecule has 2 rings (SSSR count). The summed E-state index contributed by atoms with van der Waals surface area (Å²) in [5, 5.41) is 0.450. The standard InChI is InChI=1S/C20H21ClF3NO/c1-19(2,3)17(14-9-4-5-10-15(14)21)16(18(25)26)12-7-6-8-13(11-12)20(22,23)24/h4-11,16-17H,1-3H3,(H2,25,26). The molecule has 140 valence electrons. The molecule has 0 aromatic heterocycles. The largest absolute Gasteiger partial charge is 0.416 e. The van der Waals surface area contributed by atoms with Gasteiger partial charge in [0, 0.05) is 10.9 Å². The van der Waals surface area contributed by atoms with Gasteiger partial charge in [0.05, 0.1) is 11.5 Å². The Balaban J connectivity index is 2.67. The lowest BCUT2D eigenvalue weighted by atomic mass is 9.67. The van der Waals surface area contributed by atoms with Crippen molar-refractivity contribution in [1.29, 1.82) is 0 Å². The van der Waals surface area contributed by atoms with Gasteiger partial charge in [-0.25, -0.2) is 0 Å². The van der Waals surface area contributed by atoms with E-state index in [9.17, 15) is 18.0 Å². The molecule has 0 saturated carbocycles. The number of hydrogen-bond acceptors (Lipinski definition) is 1. The molecule has 2 N–H and O–H groups in total. The summed E-state index contributed by atoms with van der Waals surface area (Å²) in [6.45, 7) is 5.72. The molecule has 2 atom stereocenters. The predicted octanol–water partition coefficient (Wildman–Crippen LogP) is 5.76. The second kappa shape index (κ2) is 7.31. The van der Waals surface area contributed by atoms with Crippen LogP contribution in [0.2, 0.25) is 5.02 Å². The summed E-state index contributed by atoms with van der Waals surface area (Å²) in [5.41, 5.74) is 5.28. The molecule has 2 nitrogen and oxygen atoms in total. The topological polar surface area (TPSA) is 43.1 Å². The lowest BCUT2D eigenvalue weighted by Gasteiger charge is -2.37. The third-order valence-electron chi connectivity index (χ3n) is 4.39. The van der Waals surface area contributed by atoms with E-state index >= 15 is 0 Å². The van der Waals surface area contributed by atoms with Gasteiger partial charge in [-0.1, -0.05) is 68.8 Å². The van der Waals surface area contributed by atoms with Gasteiger partial charge in [0.2, 0.25) is 5.91 Å². The van der Waals surface area contributed by atoms with E-state index in [2.05, 4.69) is 0 Å². The Morgan fingerprint density at radius 1 is 1.04 bits per heavy atom. The van der Waals surface area contributed by atoms with Gasteiger partial charge in [0.1, 0.15) is 0 Å². The summed E-state index contributed by atoms with van der Waals surface area (Å²) in [5.74, 6) is -2.13. The summed E-state index contributed by atoms with van der Waals surface area (Å²) in [6, 6.07) is 11.8. The lowest BCUT2D eigenvalue weighted by Crippen LogP contribution is -2.34. The van der Waals surface area contributed by atoms with Crippen LogP contribution in [0, 0.1) is 5.41 Å². The number of primary amides is 1. The van der Waals surface area contributed by atoms with E-state index in [0.29, 0.717) is 10.6 Å². The van der Waals surface area contributed by atoms with Gasteiger partial charge in [0.25, 0.3) is 0 Å². The van der Waals surface area contributed by atoms with E-state index in [-0.39, 0.29) is 5.56 Å². The highest BCUT2D eigenvalue weighted by Gasteiger charge is 2.40. The van der Waals surface area contributed by atoms with Crippen molar-refractivity contribution in [2.45, 2.75) is 38.8 Å². The van der Waals surface area contributed by atoms with Gasteiger partial charge < -0.3 is 5.73 Å². The van der Waals surface area contributed by atoms with Gasteiger partial charge in [-0.3, -0.25) is 4.79 Å². The second-order valence-electron chi connectivity index (χ2n) is 7.37. The zero-order valence-corrected chi connectivity index (χ0v) is 15.5. The van der Waals surface area contributed by atoms with E-state index in [1.165, 1.54) is 12.1 Å². The van der Waals surface area contributed by atoms with Crippen LogP contribution >= 0.6 is 11.6 Å². The number of nitrogens with two attached hydrogens (primary N) is 1. The maximum Gasteiger partial charge on any atom is 0.416 e. The quantitative estimate of drug-likeness (QED) is 0.716. The normalized spacial score (nSPS) is 14.7. The number of carbonyl (C=O) groups excluding carboxylic acids is 1. The minimum atomic E-state index is -4.50. The molecule has 2 aromatic carbocycles. The fourth-order valence-corrected chi connectivity index (χ4v) is 3.56. The maximum absolute atomic E-state index is 13.1. The van der Waals surface area contributed by atoms with Crippen LogP contribution in [0.1, 0.15) is 49.3 Å². The Bertz CT molecular complexity index is 796. The summed E-state index contributed by atoms with van der Waals surface area (Å²) >= 11 is 6.33. The first-order valence-electron chi connectivity index (χ1n) is 8.14. The number of halogens is 4. The summed E-state index contributed by atoms with van der Waals surface area (Å²) in [6.07, 6.45) is -4.50. The number of hydrogen-bond donors (Lipinski definition) is 1. The van der Waals surface area contributed by atoms with Gasteiger partial charge in [0.15, 0.2) is 0 Å². The lowest BCUT2D eigenvalue weighted by molar-refractivity contribution is -0.137. The summed E-state index contributed by atoms with van der Waals surface area (Å²) < 4.78 is 39.4. The molecule has 0 saturated heterocycles. The maximum atomic E-state index is 13.1. The van der Waals surface area contributed by atoms with Crippen molar-refractivity contribution in [3.05, 3.63) is 70.2 Å². The molecule has 0 aliphatic rings. The third-order valence-corrected chi connectivity index (χ3v) is 4.73. The van der Waals surface area contributed by atoms with Crippen molar-refractivity contribution >= 4 is 17.5 Å². The fourth-order valence-electron chi connectivity index (χ4n) is 3.30. The molecule has 1 amide bonds. The van der Waals surface area contributed by atoms with Crippen molar-refractivity contribution in [1.82, 2.24) is 0 Å². The van der Waals surface area contributed by atoms with Crippen molar-refractivity contribution in [2.24, 2.45) is 11.1 Å². The van der Waals surface area contributed by atoms with E-state index in [1.54, 1.807) is 24.3 Å². The van der Waals surface area contributed by atoms with Gasteiger partial charge >= 0.3 is 6.18 Å². The zero-order chi connectivity index (χ0) is 19.7. The average molecular weight is 384 g/mol. The zero-order valence-electron chi connectivity index (χ0n) is 14.8. The van der Waals surface area contributed by atoms with Gasteiger partial charge in [-0.05, 0) is 28.7 Å². The van der Waals surface area contributed by atoms with Crippen LogP contribution in [0.4, 0.5) is 13.2 Å². The second-order valence-corrected chi connectivity index (χ2v) is 7.78. The molecule has 6 heteroatoms. The van der Waals surface area contributed by atoms with Crippen molar-refractivity contribution in [2.75, 3.05) is 0 Å². The van der Waals surface area contributed by atoms with Crippen molar-refractivity contribution in [3.63, 3.8) is 0 Å². The van der Waals surface area contributed by atoms with Crippen LogP contribution in [-0.4, -0.2) is 5.91 Å².